The average Bonchev–Trinajstić information content (AvgIpc) is 2.26. The molecule has 90 valence electrons. The lowest BCUT2D eigenvalue weighted by Gasteiger charge is -2.26. The summed E-state index contributed by atoms with van der Waals surface area (Å²) in [5.74, 6) is -0.314. The lowest BCUT2D eigenvalue weighted by atomic mass is 10.0. The normalized spacial score (nSPS) is 13.8. The highest BCUT2D eigenvalue weighted by atomic mass is 19.1. The molecule has 0 spiro atoms. The summed E-state index contributed by atoms with van der Waals surface area (Å²) in [6.45, 7) is 6.67. The minimum Gasteiger partial charge on any atom is -0.387 e. The van der Waals surface area contributed by atoms with Crippen LogP contribution in [-0.4, -0.2) is 17.2 Å². The quantitative estimate of drug-likeness (QED) is 0.807. The van der Waals surface area contributed by atoms with Crippen LogP contribution in [0.5, 0.6) is 0 Å². The lowest BCUT2D eigenvalue weighted by Crippen LogP contribution is -2.40. The highest BCUT2D eigenvalue weighted by Crippen LogP contribution is 2.15. The molecule has 0 saturated carbocycles. The van der Waals surface area contributed by atoms with Crippen molar-refractivity contribution in [3.05, 3.63) is 35.6 Å². The Labute approximate surface area is 96.5 Å². The van der Waals surface area contributed by atoms with Gasteiger partial charge in [0.05, 0.1) is 6.10 Å². The van der Waals surface area contributed by atoms with Crippen LogP contribution in [0.25, 0.3) is 0 Å². The third kappa shape index (κ3) is 3.91. The van der Waals surface area contributed by atoms with E-state index in [0.717, 1.165) is 6.42 Å². The second-order valence-electron chi connectivity index (χ2n) is 4.69. The van der Waals surface area contributed by atoms with Gasteiger partial charge < -0.3 is 10.4 Å². The average molecular weight is 225 g/mol. The zero-order chi connectivity index (χ0) is 12.2. The third-order valence-corrected chi connectivity index (χ3v) is 2.89. The largest absolute Gasteiger partial charge is 0.387 e. The van der Waals surface area contributed by atoms with Crippen LogP contribution >= 0.6 is 0 Å². The third-order valence-electron chi connectivity index (χ3n) is 2.89. The van der Waals surface area contributed by atoms with Crippen molar-refractivity contribution >= 4 is 0 Å². The Kier molecular flexibility index (Phi) is 4.44. The Morgan fingerprint density at radius 1 is 1.44 bits per heavy atom. The second-order valence-corrected chi connectivity index (χ2v) is 4.69. The molecule has 1 unspecified atom stereocenters. The number of aliphatic hydroxyl groups is 1. The molecule has 0 saturated heterocycles. The van der Waals surface area contributed by atoms with Gasteiger partial charge in [-0.05, 0) is 38.0 Å². The molecule has 0 fully saturated rings. The summed E-state index contributed by atoms with van der Waals surface area (Å²) in [7, 11) is 0. The van der Waals surface area contributed by atoms with E-state index >= 15 is 0 Å². The van der Waals surface area contributed by atoms with Crippen LogP contribution in [-0.2, 0) is 0 Å². The van der Waals surface area contributed by atoms with Crippen molar-refractivity contribution in [1.29, 1.82) is 0 Å². The first-order valence-electron chi connectivity index (χ1n) is 5.63. The molecular formula is C13H20FNO. The maximum atomic E-state index is 12.9. The van der Waals surface area contributed by atoms with Gasteiger partial charge in [-0.15, -0.1) is 0 Å². The summed E-state index contributed by atoms with van der Waals surface area (Å²) >= 11 is 0. The van der Waals surface area contributed by atoms with Crippen LogP contribution in [0.15, 0.2) is 24.3 Å². The van der Waals surface area contributed by atoms with E-state index in [0.29, 0.717) is 12.1 Å². The van der Waals surface area contributed by atoms with Gasteiger partial charge in [0.25, 0.3) is 0 Å². The minimum atomic E-state index is -0.665. The summed E-state index contributed by atoms with van der Waals surface area (Å²) < 4.78 is 12.9. The molecule has 16 heavy (non-hydrogen) atoms. The molecule has 1 atom stereocenters. The summed E-state index contributed by atoms with van der Waals surface area (Å²) in [6, 6.07) is 6.08. The molecule has 0 radical (unpaired) electrons. The molecule has 3 heteroatoms. The zero-order valence-corrected chi connectivity index (χ0v) is 10.1. The summed E-state index contributed by atoms with van der Waals surface area (Å²) in [5.41, 5.74) is 0.605. The molecule has 0 aliphatic heterocycles. The smallest absolute Gasteiger partial charge is 0.123 e. The summed E-state index contributed by atoms with van der Waals surface area (Å²) in [5, 5.41) is 13.1. The first-order chi connectivity index (χ1) is 7.44. The first-order valence-corrected chi connectivity index (χ1v) is 5.63. The van der Waals surface area contributed by atoms with Crippen LogP contribution < -0.4 is 5.32 Å². The summed E-state index contributed by atoms with van der Waals surface area (Å²) in [4.78, 5) is 0. The molecule has 2 N–H and O–H groups in total. The van der Waals surface area contributed by atoms with Gasteiger partial charge in [0.1, 0.15) is 5.82 Å². The van der Waals surface area contributed by atoms with E-state index in [1.807, 2.05) is 0 Å². The number of benzene rings is 1. The molecule has 0 aromatic heterocycles. The van der Waals surface area contributed by atoms with Gasteiger partial charge in [-0.1, -0.05) is 19.1 Å². The minimum absolute atomic E-state index is 0.00565. The van der Waals surface area contributed by atoms with Crippen LogP contribution in [0.3, 0.4) is 0 Å². The van der Waals surface area contributed by atoms with Gasteiger partial charge in [0.15, 0.2) is 0 Å². The van der Waals surface area contributed by atoms with E-state index in [1.165, 1.54) is 12.1 Å². The zero-order valence-electron chi connectivity index (χ0n) is 10.1. The Hall–Kier alpha value is -0.930. The number of halogens is 1. The molecule has 0 bridgehead atoms. The standard InChI is InChI=1S/C13H20FNO/c1-4-13(2,3)15-9-12(16)10-6-5-7-11(14)8-10/h5-8,12,15-16H,4,9H2,1-3H3. The fourth-order valence-electron chi connectivity index (χ4n) is 1.33. The van der Waals surface area contributed by atoms with E-state index in [-0.39, 0.29) is 11.4 Å². The topological polar surface area (TPSA) is 32.3 Å². The van der Waals surface area contributed by atoms with Crippen LogP contribution in [0.4, 0.5) is 4.39 Å². The fraction of sp³-hybridized carbons (Fsp3) is 0.538. The Morgan fingerprint density at radius 2 is 2.12 bits per heavy atom. The molecule has 1 rings (SSSR count). The Bertz CT molecular complexity index is 338. The van der Waals surface area contributed by atoms with E-state index in [2.05, 4.69) is 26.1 Å². The first kappa shape index (κ1) is 13.1. The predicted octanol–water partition coefficient (Wildman–Crippen LogP) is 2.64. The molecule has 1 aromatic rings. The molecule has 2 nitrogen and oxygen atoms in total. The van der Waals surface area contributed by atoms with E-state index in [1.54, 1.807) is 12.1 Å². The monoisotopic (exact) mass is 225 g/mol. The molecule has 0 heterocycles. The van der Waals surface area contributed by atoms with Crippen molar-refractivity contribution in [3.8, 4) is 0 Å². The van der Waals surface area contributed by atoms with Gasteiger partial charge in [0.2, 0.25) is 0 Å². The molecular weight excluding hydrogens is 205 g/mol. The van der Waals surface area contributed by atoms with Crippen LogP contribution in [0.2, 0.25) is 0 Å². The predicted molar refractivity (Wildman–Crippen MR) is 63.7 cm³/mol. The van der Waals surface area contributed by atoms with Gasteiger partial charge in [-0.3, -0.25) is 0 Å². The molecule has 0 aliphatic rings. The fourth-order valence-corrected chi connectivity index (χ4v) is 1.33. The van der Waals surface area contributed by atoms with Crippen molar-refractivity contribution in [2.45, 2.75) is 38.8 Å². The van der Waals surface area contributed by atoms with E-state index < -0.39 is 6.10 Å². The number of hydrogen-bond acceptors (Lipinski definition) is 2. The van der Waals surface area contributed by atoms with Crippen LogP contribution in [0.1, 0.15) is 38.9 Å². The molecule has 1 aromatic carbocycles. The van der Waals surface area contributed by atoms with E-state index in [4.69, 9.17) is 0 Å². The second kappa shape index (κ2) is 5.41. The van der Waals surface area contributed by atoms with Crippen molar-refractivity contribution < 1.29 is 9.50 Å². The number of β-amino-alcohol motifs (C(OH)–C–C–N with tert-alkyl or cyclic N) is 1. The molecule has 0 amide bonds. The Balaban J connectivity index is 2.56. The highest BCUT2D eigenvalue weighted by molar-refractivity contribution is 5.19. The SMILES string of the molecule is CCC(C)(C)NCC(O)c1cccc(F)c1. The van der Waals surface area contributed by atoms with E-state index in [9.17, 15) is 9.50 Å². The van der Waals surface area contributed by atoms with Crippen molar-refractivity contribution in [2.24, 2.45) is 0 Å². The van der Waals surface area contributed by atoms with Gasteiger partial charge in [-0.25, -0.2) is 4.39 Å². The van der Waals surface area contributed by atoms with Crippen LogP contribution in [0, 0.1) is 5.82 Å². The number of aliphatic hydroxyl groups excluding tert-OH is 1. The van der Waals surface area contributed by atoms with Gasteiger partial charge in [-0.2, -0.15) is 0 Å². The lowest BCUT2D eigenvalue weighted by molar-refractivity contribution is 0.159. The highest BCUT2D eigenvalue weighted by Gasteiger charge is 2.16. The number of nitrogens with one attached hydrogen (secondary N) is 1. The Morgan fingerprint density at radius 3 is 2.69 bits per heavy atom. The van der Waals surface area contributed by atoms with Gasteiger partial charge >= 0.3 is 0 Å². The van der Waals surface area contributed by atoms with Crippen molar-refractivity contribution in [1.82, 2.24) is 5.32 Å². The van der Waals surface area contributed by atoms with Crippen molar-refractivity contribution in [2.75, 3.05) is 6.54 Å². The maximum absolute atomic E-state index is 12.9. The van der Waals surface area contributed by atoms with Gasteiger partial charge in [0, 0.05) is 12.1 Å². The van der Waals surface area contributed by atoms with Crippen molar-refractivity contribution in [3.63, 3.8) is 0 Å². The number of hydrogen-bond donors (Lipinski definition) is 2. The molecule has 0 aliphatic carbocycles. The summed E-state index contributed by atoms with van der Waals surface area (Å²) in [6.07, 6.45) is 0.310. The maximum Gasteiger partial charge on any atom is 0.123 e. The number of rotatable bonds is 5.